The van der Waals surface area contributed by atoms with Crippen molar-refractivity contribution in [3.8, 4) is 5.69 Å². The first-order valence-electron chi connectivity index (χ1n) is 8.72. The first-order valence-corrected chi connectivity index (χ1v) is 11.3. The van der Waals surface area contributed by atoms with E-state index in [1.165, 1.54) is 16.9 Å². The number of carbonyl (C=O) groups is 1. The quantitative estimate of drug-likeness (QED) is 0.294. The van der Waals surface area contributed by atoms with Crippen LogP contribution in [-0.2, 0) is 5.75 Å². The number of amides is 1. The van der Waals surface area contributed by atoms with E-state index in [1.54, 1.807) is 22.6 Å². The maximum absolute atomic E-state index is 12.7. The molecule has 0 aliphatic heterocycles. The number of rotatable bonds is 6. The summed E-state index contributed by atoms with van der Waals surface area (Å²) in [7, 11) is 0. The molecule has 0 spiro atoms. The predicted octanol–water partition coefficient (Wildman–Crippen LogP) is 5.34. The van der Waals surface area contributed by atoms with Crippen molar-refractivity contribution in [3.63, 3.8) is 0 Å². The first-order chi connectivity index (χ1) is 14.1. The highest BCUT2D eigenvalue weighted by atomic mass is 79.9. The van der Waals surface area contributed by atoms with Crippen LogP contribution in [0.25, 0.3) is 5.69 Å². The van der Waals surface area contributed by atoms with Gasteiger partial charge in [-0.2, -0.15) is 5.10 Å². The van der Waals surface area contributed by atoms with Gasteiger partial charge in [0.1, 0.15) is 0 Å². The number of anilines is 1. The summed E-state index contributed by atoms with van der Waals surface area (Å²) in [5.74, 6) is 0.560. The third-order valence-corrected chi connectivity index (χ3v) is 6.73. The van der Waals surface area contributed by atoms with Crippen molar-refractivity contribution < 1.29 is 4.79 Å². The Balaban J connectivity index is 1.42. The Hall–Kier alpha value is -2.49. The third-order valence-electron chi connectivity index (χ3n) is 4.16. The second kappa shape index (κ2) is 8.89. The molecule has 0 aliphatic carbocycles. The zero-order valence-corrected chi connectivity index (χ0v) is 18.6. The Bertz CT molecular complexity index is 1130. The Morgan fingerprint density at radius 3 is 2.66 bits per heavy atom. The van der Waals surface area contributed by atoms with Crippen LogP contribution in [0.4, 0.5) is 5.13 Å². The Labute approximate surface area is 184 Å². The number of carbonyl (C=O) groups excluding carboxylic acids is 1. The molecule has 29 heavy (non-hydrogen) atoms. The van der Waals surface area contributed by atoms with E-state index in [-0.39, 0.29) is 5.91 Å². The molecule has 0 fully saturated rings. The lowest BCUT2D eigenvalue weighted by molar-refractivity contribution is 0.102. The van der Waals surface area contributed by atoms with Crippen molar-refractivity contribution >= 4 is 50.1 Å². The van der Waals surface area contributed by atoms with Crippen molar-refractivity contribution in [2.45, 2.75) is 17.0 Å². The molecule has 1 N–H and O–H groups in total. The van der Waals surface area contributed by atoms with Gasteiger partial charge in [-0.25, -0.2) is 4.68 Å². The fraction of sp³-hybridized carbons (Fsp3) is 0.100. The summed E-state index contributed by atoms with van der Waals surface area (Å²) in [5.41, 5.74) is 3.36. The summed E-state index contributed by atoms with van der Waals surface area (Å²) in [4.78, 5) is 12.7. The number of nitrogens with zero attached hydrogens (tertiary/aromatic N) is 4. The number of nitrogens with one attached hydrogen (secondary N) is 1. The van der Waals surface area contributed by atoms with E-state index in [9.17, 15) is 4.79 Å². The minimum Gasteiger partial charge on any atom is -0.296 e. The monoisotopic (exact) mass is 485 g/mol. The number of aromatic nitrogens is 4. The van der Waals surface area contributed by atoms with E-state index >= 15 is 0 Å². The molecule has 4 rings (SSSR count). The normalized spacial score (nSPS) is 10.8. The molecular formula is C20H16BrN5OS2. The summed E-state index contributed by atoms with van der Waals surface area (Å²) in [6.07, 6.45) is 1.57. The van der Waals surface area contributed by atoms with Crippen molar-refractivity contribution in [2.75, 3.05) is 5.32 Å². The van der Waals surface area contributed by atoms with Gasteiger partial charge >= 0.3 is 0 Å². The molecule has 2 heterocycles. The van der Waals surface area contributed by atoms with E-state index < -0.39 is 0 Å². The van der Waals surface area contributed by atoms with Crippen LogP contribution in [0.15, 0.2) is 69.6 Å². The van der Waals surface area contributed by atoms with Gasteiger partial charge in [-0.3, -0.25) is 10.1 Å². The van der Waals surface area contributed by atoms with Crippen LogP contribution in [0.3, 0.4) is 0 Å². The lowest BCUT2D eigenvalue weighted by Crippen LogP contribution is -2.13. The highest BCUT2D eigenvalue weighted by Crippen LogP contribution is 2.28. The molecule has 4 aromatic rings. The molecule has 0 unspecified atom stereocenters. The van der Waals surface area contributed by atoms with Gasteiger partial charge in [-0.05, 0) is 36.8 Å². The van der Waals surface area contributed by atoms with Crippen LogP contribution >= 0.6 is 39.0 Å². The lowest BCUT2D eigenvalue weighted by atomic mass is 10.2. The van der Waals surface area contributed by atoms with Gasteiger partial charge in [-0.15, -0.1) is 10.2 Å². The fourth-order valence-corrected chi connectivity index (χ4v) is 4.64. The number of halogens is 1. The van der Waals surface area contributed by atoms with Gasteiger partial charge < -0.3 is 0 Å². The van der Waals surface area contributed by atoms with E-state index in [0.717, 1.165) is 25.9 Å². The second-order valence-electron chi connectivity index (χ2n) is 6.13. The van der Waals surface area contributed by atoms with Gasteiger partial charge in [0, 0.05) is 10.2 Å². The summed E-state index contributed by atoms with van der Waals surface area (Å²) < 4.78 is 3.54. The number of hydrogen-bond donors (Lipinski definition) is 1. The highest BCUT2D eigenvalue weighted by Gasteiger charge is 2.17. The zero-order valence-electron chi connectivity index (χ0n) is 15.4. The molecule has 6 nitrogen and oxygen atoms in total. The lowest BCUT2D eigenvalue weighted by Gasteiger charge is -2.05. The number of benzene rings is 2. The molecule has 0 radical (unpaired) electrons. The van der Waals surface area contributed by atoms with Gasteiger partial charge in [-0.1, -0.05) is 69.4 Å². The molecule has 2 aromatic carbocycles. The SMILES string of the molecule is Cc1c(C(=O)Nc2nnc(SCc3ccccc3)s2)cnn1-c1ccc(Br)cc1. The Kier molecular flexibility index (Phi) is 6.08. The minimum absolute atomic E-state index is 0.248. The maximum Gasteiger partial charge on any atom is 0.260 e. The van der Waals surface area contributed by atoms with Gasteiger partial charge in [0.2, 0.25) is 5.13 Å². The highest BCUT2D eigenvalue weighted by molar-refractivity contribution is 9.10. The zero-order chi connectivity index (χ0) is 20.2. The van der Waals surface area contributed by atoms with Crippen molar-refractivity contribution in [3.05, 3.63) is 82.1 Å². The van der Waals surface area contributed by atoms with Crippen molar-refractivity contribution in [2.24, 2.45) is 0 Å². The standard InChI is InChI=1S/C20H16BrN5OS2/c1-13-17(11-22-26(13)16-9-7-15(21)8-10-16)18(27)23-19-24-25-20(29-19)28-12-14-5-3-2-4-6-14/h2-11H,12H2,1H3,(H,23,24,27). The summed E-state index contributed by atoms with van der Waals surface area (Å²) in [5, 5.41) is 15.9. The average Bonchev–Trinajstić information content (AvgIpc) is 3.34. The van der Waals surface area contributed by atoms with Crippen LogP contribution in [0.2, 0.25) is 0 Å². The van der Waals surface area contributed by atoms with Gasteiger partial charge in [0.05, 0.1) is 23.1 Å². The topological polar surface area (TPSA) is 72.7 Å². The molecule has 0 aliphatic rings. The van der Waals surface area contributed by atoms with Crippen LogP contribution in [0.1, 0.15) is 21.6 Å². The second-order valence-corrected chi connectivity index (χ2v) is 9.25. The van der Waals surface area contributed by atoms with E-state index in [1.807, 2.05) is 49.4 Å². The minimum atomic E-state index is -0.248. The number of hydrogen-bond acceptors (Lipinski definition) is 6. The van der Waals surface area contributed by atoms with E-state index in [0.29, 0.717) is 10.7 Å². The van der Waals surface area contributed by atoms with Crippen LogP contribution in [0, 0.1) is 6.92 Å². The van der Waals surface area contributed by atoms with Gasteiger partial charge in [0.25, 0.3) is 5.91 Å². The molecule has 0 saturated heterocycles. The summed E-state index contributed by atoms with van der Waals surface area (Å²) in [6.45, 7) is 1.87. The van der Waals surface area contributed by atoms with Crippen LogP contribution in [0.5, 0.6) is 0 Å². The third kappa shape index (κ3) is 4.75. The Morgan fingerprint density at radius 2 is 1.90 bits per heavy atom. The van der Waals surface area contributed by atoms with E-state index in [4.69, 9.17) is 0 Å². The molecule has 2 aromatic heterocycles. The average molecular weight is 486 g/mol. The summed E-state index contributed by atoms with van der Waals surface area (Å²) in [6, 6.07) is 17.9. The first kappa shape index (κ1) is 19.8. The largest absolute Gasteiger partial charge is 0.296 e. The van der Waals surface area contributed by atoms with Crippen molar-refractivity contribution in [1.82, 2.24) is 20.0 Å². The predicted molar refractivity (Wildman–Crippen MR) is 120 cm³/mol. The molecule has 0 bridgehead atoms. The van der Waals surface area contributed by atoms with Crippen molar-refractivity contribution in [1.29, 1.82) is 0 Å². The fourth-order valence-electron chi connectivity index (χ4n) is 2.68. The van der Waals surface area contributed by atoms with E-state index in [2.05, 4.69) is 48.7 Å². The molecular weight excluding hydrogens is 470 g/mol. The van der Waals surface area contributed by atoms with Gasteiger partial charge in [0.15, 0.2) is 4.34 Å². The molecule has 9 heteroatoms. The smallest absolute Gasteiger partial charge is 0.260 e. The molecule has 0 atom stereocenters. The molecule has 146 valence electrons. The van der Waals surface area contributed by atoms with Crippen LogP contribution in [-0.4, -0.2) is 25.9 Å². The maximum atomic E-state index is 12.7. The van der Waals surface area contributed by atoms with Crippen LogP contribution < -0.4 is 5.32 Å². The summed E-state index contributed by atoms with van der Waals surface area (Å²) >= 11 is 6.38. The number of thioether (sulfide) groups is 1. The Morgan fingerprint density at radius 1 is 1.14 bits per heavy atom. The molecule has 0 saturated carbocycles. The molecule has 1 amide bonds.